The summed E-state index contributed by atoms with van der Waals surface area (Å²) in [6.07, 6.45) is 7.23. The van der Waals surface area contributed by atoms with Gasteiger partial charge in [0.2, 0.25) is 0 Å². The quantitative estimate of drug-likeness (QED) is 0.709. The van der Waals surface area contributed by atoms with E-state index in [2.05, 4.69) is 25.2 Å². The number of nitrogens with zero attached hydrogens (tertiary/aromatic N) is 5. The van der Waals surface area contributed by atoms with Gasteiger partial charge in [0.25, 0.3) is 5.56 Å². The monoisotopic (exact) mass is 367 g/mol. The normalized spacial score (nSPS) is 15.3. The van der Waals surface area contributed by atoms with Gasteiger partial charge in [-0.1, -0.05) is 0 Å². The van der Waals surface area contributed by atoms with Crippen molar-refractivity contribution < 1.29 is 0 Å². The van der Waals surface area contributed by atoms with Gasteiger partial charge in [-0.05, 0) is 37.8 Å². The zero-order valence-electron chi connectivity index (χ0n) is 14.7. The van der Waals surface area contributed by atoms with Crippen molar-refractivity contribution in [2.24, 2.45) is 5.92 Å². The summed E-state index contributed by atoms with van der Waals surface area (Å²) in [7, 11) is 0. The Kier molecular flexibility index (Phi) is 4.79. The molecule has 0 saturated carbocycles. The first-order valence-electron chi connectivity index (χ1n) is 8.83. The Bertz CT molecular complexity index is 928. The largest absolute Gasteiger partial charge is 0.348 e. The van der Waals surface area contributed by atoms with E-state index in [0.29, 0.717) is 11.6 Å². The highest BCUT2D eigenvalue weighted by molar-refractivity contribution is 7.13. The second-order valence-electron chi connectivity index (χ2n) is 6.70. The van der Waals surface area contributed by atoms with Crippen LogP contribution in [0.5, 0.6) is 0 Å². The number of anilines is 1. The molecule has 0 unspecified atom stereocenters. The molecule has 134 valence electrons. The van der Waals surface area contributed by atoms with Crippen LogP contribution in [0.3, 0.4) is 0 Å². The standard InChI is InChI=1S/C19H21N5OS/c1-14-12-26-19(22-14)23-8-4-15(5-9-23)11-24-13-21-17(10-18(24)25)16-2-6-20-7-3-16/h2-3,6-7,10,12-13,15H,4-5,8-9,11H2,1H3. The lowest BCUT2D eigenvalue weighted by Crippen LogP contribution is -2.36. The molecule has 3 aromatic heterocycles. The summed E-state index contributed by atoms with van der Waals surface area (Å²) in [5.74, 6) is 0.499. The van der Waals surface area contributed by atoms with Crippen LogP contribution in [0.2, 0.25) is 0 Å². The molecule has 1 aliphatic heterocycles. The van der Waals surface area contributed by atoms with E-state index in [-0.39, 0.29) is 5.56 Å². The number of thiazole rings is 1. The first kappa shape index (κ1) is 16.9. The van der Waals surface area contributed by atoms with Gasteiger partial charge in [-0.3, -0.25) is 14.3 Å². The topological polar surface area (TPSA) is 63.9 Å². The summed E-state index contributed by atoms with van der Waals surface area (Å²) < 4.78 is 1.73. The molecule has 0 aromatic carbocycles. The SMILES string of the molecule is Cc1csc(N2CCC(Cn3cnc(-c4ccncc4)cc3=O)CC2)n1. The molecule has 0 bridgehead atoms. The molecule has 0 N–H and O–H groups in total. The zero-order chi connectivity index (χ0) is 17.9. The van der Waals surface area contributed by atoms with Crippen molar-refractivity contribution in [3.63, 3.8) is 0 Å². The van der Waals surface area contributed by atoms with Crippen LogP contribution in [-0.2, 0) is 6.54 Å². The fourth-order valence-corrected chi connectivity index (χ4v) is 4.17. The van der Waals surface area contributed by atoms with Crippen molar-refractivity contribution in [1.82, 2.24) is 19.5 Å². The second-order valence-corrected chi connectivity index (χ2v) is 7.54. The Balaban J connectivity index is 1.40. The zero-order valence-corrected chi connectivity index (χ0v) is 15.5. The van der Waals surface area contributed by atoms with Crippen LogP contribution in [0.1, 0.15) is 18.5 Å². The third-order valence-electron chi connectivity index (χ3n) is 4.80. The van der Waals surface area contributed by atoms with E-state index in [9.17, 15) is 4.79 Å². The van der Waals surface area contributed by atoms with E-state index < -0.39 is 0 Å². The maximum absolute atomic E-state index is 12.5. The van der Waals surface area contributed by atoms with Gasteiger partial charge in [0.1, 0.15) is 0 Å². The third kappa shape index (κ3) is 3.67. The average molecular weight is 367 g/mol. The van der Waals surface area contributed by atoms with Gasteiger partial charge in [-0.2, -0.15) is 0 Å². The lowest BCUT2D eigenvalue weighted by atomic mass is 9.97. The van der Waals surface area contributed by atoms with Gasteiger partial charge in [-0.15, -0.1) is 11.3 Å². The summed E-state index contributed by atoms with van der Waals surface area (Å²) >= 11 is 1.71. The van der Waals surface area contributed by atoms with Crippen LogP contribution in [0.15, 0.2) is 47.1 Å². The number of hydrogen-bond acceptors (Lipinski definition) is 6. The minimum absolute atomic E-state index is 0.00444. The molecule has 3 aromatic rings. The lowest BCUT2D eigenvalue weighted by molar-refractivity contribution is 0.351. The molecule has 1 aliphatic rings. The predicted octanol–water partition coefficient (Wildman–Crippen LogP) is 2.99. The molecule has 0 radical (unpaired) electrons. The Morgan fingerprint density at radius 2 is 2.00 bits per heavy atom. The summed E-state index contributed by atoms with van der Waals surface area (Å²) in [6, 6.07) is 5.34. The minimum atomic E-state index is 0.00444. The molecule has 7 heteroatoms. The highest BCUT2D eigenvalue weighted by atomic mass is 32.1. The Hall–Kier alpha value is -2.54. The molecule has 6 nitrogen and oxygen atoms in total. The predicted molar refractivity (Wildman–Crippen MR) is 104 cm³/mol. The highest BCUT2D eigenvalue weighted by Crippen LogP contribution is 2.26. The van der Waals surface area contributed by atoms with Crippen molar-refractivity contribution in [3.05, 3.63) is 58.3 Å². The number of pyridine rings is 1. The van der Waals surface area contributed by atoms with E-state index in [4.69, 9.17) is 0 Å². The van der Waals surface area contributed by atoms with Gasteiger partial charge < -0.3 is 4.90 Å². The number of rotatable bonds is 4. The van der Waals surface area contributed by atoms with Crippen LogP contribution < -0.4 is 10.5 Å². The van der Waals surface area contributed by atoms with Crippen LogP contribution in [-0.4, -0.2) is 32.6 Å². The molecular formula is C19H21N5OS. The second kappa shape index (κ2) is 7.37. The number of aryl methyl sites for hydroxylation is 1. The summed E-state index contributed by atoms with van der Waals surface area (Å²) in [5, 5.41) is 3.21. The molecule has 0 amide bonds. The molecule has 0 atom stereocenters. The first-order chi connectivity index (χ1) is 12.7. The van der Waals surface area contributed by atoms with Gasteiger partial charge >= 0.3 is 0 Å². The molecular weight excluding hydrogens is 346 g/mol. The van der Waals surface area contributed by atoms with Crippen molar-refractivity contribution in [1.29, 1.82) is 0 Å². The maximum atomic E-state index is 12.5. The Labute approximate surface area is 156 Å². The van der Waals surface area contributed by atoms with E-state index in [1.807, 2.05) is 19.1 Å². The average Bonchev–Trinajstić information content (AvgIpc) is 3.11. The summed E-state index contributed by atoms with van der Waals surface area (Å²) in [5.41, 5.74) is 2.70. The molecule has 1 saturated heterocycles. The van der Waals surface area contributed by atoms with Gasteiger partial charge in [0, 0.05) is 49.0 Å². The minimum Gasteiger partial charge on any atom is -0.348 e. The summed E-state index contributed by atoms with van der Waals surface area (Å²) in [4.78, 5) is 27.8. The van der Waals surface area contributed by atoms with E-state index in [1.165, 1.54) is 0 Å². The number of aromatic nitrogens is 4. The Morgan fingerprint density at radius 3 is 2.65 bits per heavy atom. The van der Waals surface area contributed by atoms with Crippen LogP contribution in [0, 0.1) is 12.8 Å². The van der Waals surface area contributed by atoms with E-state index >= 15 is 0 Å². The lowest BCUT2D eigenvalue weighted by Gasteiger charge is -2.31. The van der Waals surface area contributed by atoms with Crippen LogP contribution >= 0.6 is 11.3 Å². The third-order valence-corrected chi connectivity index (χ3v) is 5.82. The van der Waals surface area contributed by atoms with Crippen molar-refractivity contribution in [2.45, 2.75) is 26.3 Å². The first-order valence-corrected chi connectivity index (χ1v) is 9.71. The van der Waals surface area contributed by atoms with Crippen LogP contribution in [0.4, 0.5) is 5.13 Å². The van der Waals surface area contributed by atoms with Gasteiger partial charge in [0.15, 0.2) is 5.13 Å². The fraction of sp³-hybridized carbons (Fsp3) is 0.368. The summed E-state index contributed by atoms with van der Waals surface area (Å²) in [6.45, 7) is 4.75. The van der Waals surface area contributed by atoms with Crippen molar-refractivity contribution in [3.8, 4) is 11.3 Å². The van der Waals surface area contributed by atoms with Crippen LogP contribution in [0.25, 0.3) is 11.3 Å². The molecule has 26 heavy (non-hydrogen) atoms. The van der Waals surface area contributed by atoms with E-state index in [0.717, 1.165) is 48.9 Å². The van der Waals surface area contributed by atoms with Gasteiger partial charge in [-0.25, -0.2) is 9.97 Å². The molecule has 0 aliphatic carbocycles. The molecule has 0 spiro atoms. The van der Waals surface area contributed by atoms with Gasteiger partial charge in [0.05, 0.1) is 17.7 Å². The number of piperidine rings is 1. The van der Waals surface area contributed by atoms with Crippen molar-refractivity contribution >= 4 is 16.5 Å². The van der Waals surface area contributed by atoms with E-state index in [1.54, 1.807) is 40.7 Å². The smallest absolute Gasteiger partial charge is 0.253 e. The molecule has 4 rings (SSSR count). The molecule has 4 heterocycles. The molecule has 1 fully saturated rings. The highest BCUT2D eigenvalue weighted by Gasteiger charge is 2.21. The Morgan fingerprint density at radius 1 is 1.23 bits per heavy atom. The van der Waals surface area contributed by atoms with Crippen molar-refractivity contribution in [2.75, 3.05) is 18.0 Å². The fourth-order valence-electron chi connectivity index (χ4n) is 3.32. The maximum Gasteiger partial charge on any atom is 0.253 e. The number of hydrogen-bond donors (Lipinski definition) is 0.